The Balaban J connectivity index is 1.84. The summed E-state index contributed by atoms with van der Waals surface area (Å²) in [5, 5.41) is 0.393. The normalized spacial score (nSPS) is 15.8. The summed E-state index contributed by atoms with van der Waals surface area (Å²) >= 11 is 0. The van der Waals surface area contributed by atoms with Gasteiger partial charge in [0.25, 0.3) is 0 Å². The molecule has 0 saturated carbocycles. The first-order valence-electron chi connectivity index (χ1n) is 8.56. The Morgan fingerprint density at radius 2 is 1.79 bits per heavy atom. The average molecular weight is 406 g/mol. The van der Waals surface area contributed by atoms with Gasteiger partial charge in [0.05, 0.1) is 23.8 Å². The van der Waals surface area contributed by atoms with E-state index in [0.29, 0.717) is 36.1 Å². The number of halogens is 2. The number of ether oxygens (including phenoxy) is 1. The highest BCUT2D eigenvalue weighted by Gasteiger charge is 2.27. The van der Waals surface area contributed by atoms with E-state index in [2.05, 4.69) is 4.98 Å². The first-order valence-corrected chi connectivity index (χ1v) is 10.00. The fraction of sp³-hybridized carbons (Fsp3) is 0.211. The van der Waals surface area contributed by atoms with Crippen LogP contribution >= 0.6 is 0 Å². The molecule has 6 nitrogen and oxygen atoms in total. The minimum Gasteiger partial charge on any atom is -0.379 e. The van der Waals surface area contributed by atoms with Gasteiger partial charge in [0, 0.05) is 35.1 Å². The number of rotatable bonds is 4. The first kappa shape index (κ1) is 18.7. The fourth-order valence-corrected chi connectivity index (χ4v) is 4.72. The van der Waals surface area contributed by atoms with Crippen molar-refractivity contribution in [2.45, 2.75) is 4.90 Å². The van der Waals surface area contributed by atoms with E-state index in [-0.39, 0.29) is 29.1 Å². The van der Waals surface area contributed by atoms with Crippen molar-refractivity contribution in [3.63, 3.8) is 0 Å². The average Bonchev–Trinajstić information content (AvgIpc) is 3.08. The number of morpholine rings is 1. The molecule has 3 aromatic rings. The number of sulfonamides is 1. The SMILES string of the molecule is O=Cc1c(-c2ccc(F)c(F)c2)[nH]c2ccc(S(=O)(=O)N3CCOCC3)cc12. The van der Waals surface area contributed by atoms with Crippen molar-refractivity contribution in [3.8, 4) is 11.3 Å². The van der Waals surface area contributed by atoms with E-state index in [1.165, 1.54) is 22.5 Å². The van der Waals surface area contributed by atoms with Crippen LogP contribution in [-0.4, -0.2) is 50.3 Å². The number of fused-ring (bicyclic) bond motifs is 1. The predicted molar refractivity (Wildman–Crippen MR) is 98.6 cm³/mol. The molecule has 4 rings (SSSR count). The molecule has 146 valence electrons. The summed E-state index contributed by atoms with van der Waals surface area (Å²) in [4.78, 5) is 14.8. The molecule has 1 aliphatic heterocycles. The van der Waals surface area contributed by atoms with E-state index in [4.69, 9.17) is 4.74 Å². The number of nitrogens with one attached hydrogen (secondary N) is 1. The number of carbonyl (C=O) groups is 1. The van der Waals surface area contributed by atoms with E-state index in [0.717, 1.165) is 12.1 Å². The monoisotopic (exact) mass is 406 g/mol. The highest BCUT2D eigenvalue weighted by Crippen LogP contribution is 2.32. The zero-order chi connectivity index (χ0) is 19.9. The molecule has 1 saturated heterocycles. The smallest absolute Gasteiger partial charge is 0.243 e. The summed E-state index contributed by atoms with van der Waals surface area (Å²) in [5.41, 5.74) is 1.28. The summed E-state index contributed by atoms with van der Waals surface area (Å²) in [6, 6.07) is 7.73. The van der Waals surface area contributed by atoms with Gasteiger partial charge in [-0.05, 0) is 36.4 Å². The number of aromatic nitrogens is 1. The minimum absolute atomic E-state index is 0.0563. The molecule has 1 aromatic heterocycles. The van der Waals surface area contributed by atoms with Gasteiger partial charge in [-0.25, -0.2) is 17.2 Å². The summed E-state index contributed by atoms with van der Waals surface area (Å²) in [5.74, 6) is -2.03. The number of benzene rings is 2. The molecule has 2 aromatic carbocycles. The molecule has 2 heterocycles. The number of nitrogens with zero attached hydrogens (tertiary/aromatic N) is 1. The highest BCUT2D eigenvalue weighted by atomic mass is 32.2. The molecule has 0 bridgehead atoms. The Morgan fingerprint density at radius 1 is 1.04 bits per heavy atom. The molecule has 1 N–H and O–H groups in total. The maximum atomic E-state index is 13.6. The van der Waals surface area contributed by atoms with Crippen LogP contribution in [0, 0.1) is 11.6 Å². The van der Waals surface area contributed by atoms with Crippen LogP contribution in [0.2, 0.25) is 0 Å². The first-order chi connectivity index (χ1) is 13.4. The number of hydrogen-bond donors (Lipinski definition) is 1. The Labute approximate surface area is 159 Å². The van der Waals surface area contributed by atoms with E-state index < -0.39 is 21.7 Å². The molecular formula is C19H16F2N2O4S. The molecule has 0 spiro atoms. The van der Waals surface area contributed by atoms with Gasteiger partial charge in [-0.15, -0.1) is 0 Å². The van der Waals surface area contributed by atoms with Crippen molar-refractivity contribution >= 4 is 27.2 Å². The number of aldehydes is 1. The maximum Gasteiger partial charge on any atom is 0.243 e. The zero-order valence-corrected chi connectivity index (χ0v) is 15.4. The molecular weight excluding hydrogens is 390 g/mol. The van der Waals surface area contributed by atoms with Crippen LogP contribution in [0.3, 0.4) is 0 Å². The lowest BCUT2D eigenvalue weighted by molar-refractivity contribution is 0.0730. The Bertz CT molecular complexity index is 1170. The molecule has 1 aliphatic rings. The van der Waals surface area contributed by atoms with Gasteiger partial charge >= 0.3 is 0 Å². The molecule has 0 amide bonds. The number of hydrogen-bond acceptors (Lipinski definition) is 4. The zero-order valence-electron chi connectivity index (χ0n) is 14.6. The van der Waals surface area contributed by atoms with Crippen LogP contribution in [0.1, 0.15) is 10.4 Å². The highest BCUT2D eigenvalue weighted by molar-refractivity contribution is 7.89. The van der Waals surface area contributed by atoms with Gasteiger partial charge in [0.15, 0.2) is 17.9 Å². The fourth-order valence-electron chi connectivity index (χ4n) is 3.29. The van der Waals surface area contributed by atoms with Crippen LogP contribution < -0.4 is 0 Å². The Kier molecular flexibility index (Phi) is 4.74. The maximum absolute atomic E-state index is 13.6. The van der Waals surface area contributed by atoms with E-state index in [9.17, 15) is 22.0 Å². The van der Waals surface area contributed by atoms with Gasteiger partial charge in [0.2, 0.25) is 10.0 Å². The summed E-state index contributed by atoms with van der Waals surface area (Å²) < 4.78 is 59.1. The molecule has 1 fully saturated rings. The van der Waals surface area contributed by atoms with E-state index >= 15 is 0 Å². The lowest BCUT2D eigenvalue weighted by atomic mass is 10.1. The van der Waals surface area contributed by atoms with Crippen molar-refractivity contribution in [3.05, 3.63) is 53.6 Å². The molecule has 9 heteroatoms. The van der Waals surface area contributed by atoms with Gasteiger partial charge in [-0.3, -0.25) is 4.79 Å². The molecule has 0 unspecified atom stereocenters. The van der Waals surface area contributed by atoms with E-state index in [1.54, 1.807) is 6.07 Å². The van der Waals surface area contributed by atoms with Crippen LogP contribution in [0.4, 0.5) is 8.78 Å². The number of carbonyl (C=O) groups excluding carboxylic acids is 1. The topological polar surface area (TPSA) is 79.5 Å². The van der Waals surface area contributed by atoms with E-state index in [1.807, 2.05) is 0 Å². The van der Waals surface area contributed by atoms with Gasteiger partial charge in [-0.2, -0.15) is 4.31 Å². The van der Waals surface area contributed by atoms with Crippen LogP contribution in [0.25, 0.3) is 22.2 Å². The third-order valence-corrected chi connectivity index (χ3v) is 6.64. The minimum atomic E-state index is -3.73. The lowest BCUT2D eigenvalue weighted by Gasteiger charge is -2.26. The molecule has 0 atom stereocenters. The Hall–Kier alpha value is -2.62. The molecule has 28 heavy (non-hydrogen) atoms. The van der Waals surface area contributed by atoms with Crippen molar-refractivity contribution in [1.29, 1.82) is 0 Å². The standard InChI is InChI=1S/C19H16F2N2O4S/c20-16-3-1-12(9-17(16)21)19-15(11-24)14-10-13(2-4-18(14)22-19)28(25,26)23-5-7-27-8-6-23/h1-4,9-11,22H,5-8H2. The second-order valence-corrected chi connectivity index (χ2v) is 8.32. The summed E-state index contributed by atoms with van der Waals surface area (Å²) in [6.07, 6.45) is 0.570. The van der Waals surface area contributed by atoms with Crippen LogP contribution in [-0.2, 0) is 14.8 Å². The van der Waals surface area contributed by atoms with Gasteiger partial charge in [0.1, 0.15) is 0 Å². The van der Waals surface area contributed by atoms with Gasteiger partial charge in [-0.1, -0.05) is 0 Å². The third kappa shape index (κ3) is 3.11. The lowest BCUT2D eigenvalue weighted by Crippen LogP contribution is -2.40. The quantitative estimate of drug-likeness (QED) is 0.676. The van der Waals surface area contributed by atoms with Crippen LogP contribution in [0.5, 0.6) is 0 Å². The van der Waals surface area contributed by atoms with Crippen molar-refractivity contribution in [1.82, 2.24) is 9.29 Å². The van der Waals surface area contributed by atoms with Crippen molar-refractivity contribution in [2.24, 2.45) is 0 Å². The van der Waals surface area contributed by atoms with Crippen molar-refractivity contribution in [2.75, 3.05) is 26.3 Å². The number of H-pyrrole nitrogens is 1. The third-order valence-electron chi connectivity index (χ3n) is 4.74. The second kappa shape index (κ2) is 7.08. The molecule has 0 radical (unpaired) electrons. The van der Waals surface area contributed by atoms with Crippen LogP contribution in [0.15, 0.2) is 41.3 Å². The second-order valence-electron chi connectivity index (χ2n) is 6.38. The van der Waals surface area contributed by atoms with Gasteiger partial charge < -0.3 is 9.72 Å². The summed E-state index contributed by atoms with van der Waals surface area (Å²) in [7, 11) is -3.73. The largest absolute Gasteiger partial charge is 0.379 e. The molecule has 0 aliphatic carbocycles. The predicted octanol–water partition coefficient (Wildman–Crippen LogP) is 2.95. The summed E-state index contributed by atoms with van der Waals surface area (Å²) in [6.45, 7) is 1.17. The number of aromatic amines is 1. The Morgan fingerprint density at radius 3 is 2.46 bits per heavy atom. The van der Waals surface area contributed by atoms with Crippen molar-refractivity contribution < 1.29 is 26.7 Å².